The Bertz CT molecular complexity index is 875. The minimum Gasteiger partial charge on any atom is -0.462 e. The number of aromatic nitrogens is 1. The molecular weight excluding hydrogens is 332 g/mol. The van der Waals surface area contributed by atoms with Crippen LogP contribution in [0.5, 0.6) is 0 Å². The minimum atomic E-state index is -0.280. The zero-order valence-corrected chi connectivity index (χ0v) is 15.7. The molecule has 4 nitrogen and oxygen atoms in total. The van der Waals surface area contributed by atoms with Crippen LogP contribution in [-0.2, 0) is 17.8 Å². The summed E-state index contributed by atoms with van der Waals surface area (Å²) in [7, 11) is 2.13. The lowest BCUT2D eigenvalue weighted by atomic mass is 10.0. The number of carbonyl (C=O) groups excluding carboxylic acids is 1. The van der Waals surface area contributed by atoms with Crippen molar-refractivity contribution in [3.05, 3.63) is 63.5 Å². The lowest BCUT2D eigenvalue weighted by Gasteiger charge is -2.17. The van der Waals surface area contributed by atoms with Gasteiger partial charge in [-0.2, -0.15) is 0 Å². The average Bonchev–Trinajstić information content (AvgIpc) is 3.08. The number of aryl methyl sites for hydroxylation is 1. The van der Waals surface area contributed by atoms with E-state index >= 15 is 0 Å². The fourth-order valence-corrected chi connectivity index (χ4v) is 3.92. The van der Waals surface area contributed by atoms with Crippen LogP contribution in [0.2, 0.25) is 0 Å². The lowest BCUT2D eigenvalue weighted by molar-refractivity contribution is -0.907. The van der Waals surface area contributed by atoms with Gasteiger partial charge in [0.2, 0.25) is 0 Å². The van der Waals surface area contributed by atoms with Crippen LogP contribution < -0.4 is 4.90 Å². The van der Waals surface area contributed by atoms with Crippen LogP contribution in [0, 0.1) is 6.92 Å². The summed E-state index contributed by atoms with van der Waals surface area (Å²) in [6, 6.07) is 12.2. The van der Waals surface area contributed by atoms with E-state index in [4.69, 9.17) is 9.72 Å². The number of ether oxygens (including phenoxy) is 1. The number of hydrogen-bond acceptors (Lipinski definition) is 4. The molecule has 1 unspecified atom stereocenters. The van der Waals surface area contributed by atoms with Gasteiger partial charge in [0.1, 0.15) is 18.8 Å². The topological polar surface area (TPSA) is 43.6 Å². The fourth-order valence-electron chi connectivity index (χ4n) is 3.10. The van der Waals surface area contributed by atoms with Gasteiger partial charge in [0.25, 0.3) is 0 Å². The molecule has 0 fully saturated rings. The third-order valence-corrected chi connectivity index (χ3v) is 5.11. The number of hydrogen-bond donors (Lipinski definition) is 1. The second-order valence-corrected chi connectivity index (χ2v) is 7.22. The molecule has 0 amide bonds. The van der Waals surface area contributed by atoms with Gasteiger partial charge in [0.05, 0.1) is 29.6 Å². The second kappa shape index (κ2) is 7.76. The van der Waals surface area contributed by atoms with E-state index < -0.39 is 0 Å². The Hall–Kier alpha value is -2.24. The number of carbonyl (C=O) groups is 1. The largest absolute Gasteiger partial charge is 0.462 e. The van der Waals surface area contributed by atoms with Gasteiger partial charge in [0.15, 0.2) is 0 Å². The third-order valence-electron chi connectivity index (χ3n) is 4.23. The number of pyridine rings is 1. The molecule has 0 aliphatic rings. The molecule has 0 saturated carbocycles. The van der Waals surface area contributed by atoms with Crippen LogP contribution in [-0.4, -0.2) is 24.6 Å². The number of esters is 1. The summed E-state index contributed by atoms with van der Waals surface area (Å²) in [6.07, 6.45) is 0. The molecule has 0 aliphatic heterocycles. The normalized spacial score (nSPS) is 12.3. The zero-order chi connectivity index (χ0) is 17.8. The van der Waals surface area contributed by atoms with E-state index in [0.717, 1.165) is 28.7 Å². The van der Waals surface area contributed by atoms with E-state index in [1.165, 1.54) is 9.78 Å². The van der Waals surface area contributed by atoms with Crippen molar-refractivity contribution in [1.29, 1.82) is 0 Å². The number of benzene rings is 1. The van der Waals surface area contributed by atoms with Crippen LogP contribution in [0.15, 0.2) is 41.8 Å². The summed E-state index contributed by atoms with van der Waals surface area (Å²) < 4.78 is 5.30. The summed E-state index contributed by atoms with van der Waals surface area (Å²) in [5, 5.41) is 3.09. The average molecular weight is 355 g/mol. The molecule has 1 N–H and O–H groups in total. The van der Waals surface area contributed by atoms with Crippen LogP contribution in [0.25, 0.3) is 10.9 Å². The third kappa shape index (κ3) is 3.89. The molecule has 130 valence electrons. The Kier molecular flexibility index (Phi) is 5.46. The first-order valence-electron chi connectivity index (χ1n) is 8.49. The Morgan fingerprint density at radius 1 is 1.20 bits per heavy atom. The molecule has 5 heteroatoms. The van der Waals surface area contributed by atoms with Gasteiger partial charge in [-0.1, -0.05) is 24.3 Å². The summed E-state index contributed by atoms with van der Waals surface area (Å²) >= 11 is 1.75. The molecular formula is C20H23N2O2S+. The molecule has 3 rings (SSSR count). The molecule has 0 bridgehead atoms. The molecule has 0 spiro atoms. The predicted molar refractivity (Wildman–Crippen MR) is 101 cm³/mol. The van der Waals surface area contributed by atoms with Gasteiger partial charge in [-0.25, -0.2) is 9.78 Å². The van der Waals surface area contributed by atoms with Crippen LogP contribution in [0.4, 0.5) is 0 Å². The van der Waals surface area contributed by atoms with Gasteiger partial charge in [-0.05, 0) is 36.9 Å². The van der Waals surface area contributed by atoms with Gasteiger partial charge in [0, 0.05) is 5.39 Å². The summed E-state index contributed by atoms with van der Waals surface area (Å²) in [5.41, 5.74) is 3.30. The van der Waals surface area contributed by atoms with E-state index in [1.807, 2.05) is 38.1 Å². The minimum absolute atomic E-state index is 0.280. The van der Waals surface area contributed by atoms with E-state index in [-0.39, 0.29) is 5.97 Å². The van der Waals surface area contributed by atoms with Crippen molar-refractivity contribution >= 4 is 28.2 Å². The first kappa shape index (κ1) is 17.6. The molecule has 3 aromatic rings. The van der Waals surface area contributed by atoms with Crippen molar-refractivity contribution in [2.45, 2.75) is 26.9 Å². The molecule has 1 atom stereocenters. The molecule has 2 heterocycles. The Balaban J connectivity index is 1.99. The summed E-state index contributed by atoms with van der Waals surface area (Å²) in [6.45, 7) is 5.76. The standard InChI is InChI=1S/C20H22N2O2S/c1-4-24-20(23)19-14(2)16-9-5-6-10-17(16)21-18(19)13-22(3)12-15-8-7-11-25-15/h5-11H,4,12-13H2,1-3H3/p+1. The zero-order valence-electron chi connectivity index (χ0n) is 14.8. The maximum Gasteiger partial charge on any atom is 0.340 e. The van der Waals surface area contributed by atoms with E-state index in [9.17, 15) is 4.79 Å². The molecule has 2 aromatic heterocycles. The number of rotatable bonds is 6. The second-order valence-electron chi connectivity index (χ2n) is 6.19. The van der Waals surface area contributed by atoms with Gasteiger partial charge in [-0.15, -0.1) is 11.3 Å². The SMILES string of the molecule is CCOC(=O)c1c(C[NH+](C)Cc2cccs2)nc2ccccc2c1C. The number of nitrogens with one attached hydrogen (secondary N) is 1. The maximum atomic E-state index is 12.6. The van der Waals surface area contributed by atoms with Crippen LogP contribution >= 0.6 is 11.3 Å². The number of nitrogens with zero attached hydrogens (tertiary/aromatic N) is 1. The van der Waals surface area contributed by atoms with Crippen molar-refractivity contribution in [3.8, 4) is 0 Å². The number of thiophene rings is 1. The van der Waals surface area contributed by atoms with Crippen molar-refractivity contribution in [1.82, 2.24) is 4.98 Å². The van der Waals surface area contributed by atoms with Crippen LogP contribution in [0.3, 0.4) is 0 Å². The van der Waals surface area contributed by atoms with Crippen LogP contribution in [0.1, 0.15) is 33.4 Å². The first-order valence-corrected chi connectivity index (χ1v) is 9.37. The highest BCUT2D eigenvalue weighted by Gasteiger charge is 2.22. The van der Waals surface area contributed by atoms with E-state index in [0.29, 0.717) is 18.7 Å². The summed E-state index contributed by atoms with van der Waals surface area (Å²) in [5.74, 6) is -0.280. The van der Waals surface area contributed by atoms with Gasteiger partial charge < -0.3 is 9.64 Å². The number of fused-ring (bicyclic) bond motifs is 1. The maximum absolute atomic E-state index is 12.6. The van der Waals surface area contributed by atoms with E-state index in [1.54, 1.807) is 11.3 Å². The Morgan fingerprint density at radius 3 is 2.72 bits per heavy atom. The first-order chi connectivity index (χ1) is 12.1. The monoisotopic (exact) mass is 355 g/mol. The predicted octanol–water partition coefficient (Wildman–Crippen LogP) is 3.00. The molecule has 1 aromatic carbocycles. The Morgan fingerprint density at radius 2 is 2.00 bits per heavy atom. The molecule has 0 saturated heterocycles. The number of para-hydroxylation sites is 1. The lowest BCUT2D eigenvalue weighted by Crippen LogP contribution is -3.06. The van der Waals surface area contributed by atoms with Crippen molar-refractivity contribution in [3.63, 3.8) is 0 Å². The van der Waals surface area contributed by atoms with E-state index in [2.05, 4.69) is 24.6 Å². The van der Waals surface area contributed by atoms with Gasteiger partial charge >= 0.3 is 5.97 Å². The highest BCUT2D eigenvalue weighted by Crippen LogP contribution is 2.23. The highest BCUT2D eigenvalue weighted by molar-refractivity contribution is 7.09. The molecule has 0 aliphatic carbocycles. The number of quaternary nitrogens is 1. The summed E-state index contributed by atoms with van der Waals surface area (Å²) in [4.78, 5) is 20.0. The highest BCUT2D eigenvalue weighted by atomic mass is 32.1. The van der Waals surface area contributed by atoms with Crippen molar-refractivity contribution in [2.75, 3.05) is 13.7 Å². The quantitative estimate of drug-likeness (QED) is 0.691. The smallest absolute Gasteiger partial charge is 0.340 e. The van der Waals surface area contributed by atoms with Crippen molar-refractivity contribution < 1.29 is 14.4 Å². The Labute approximate surface area is 152 Å². The molecule has 0 radical (unpaired) electrons. The molecule has 25 heavy (non-hydrogen) atoms. The fraction of sp³-hybridized carbons (Fsp3) is 0.300. The van der Waals surface area contributed by atoms with Crippen molar-refractivity contribution in [2.24, 2.45) is 0 Å². The van der Waals surface area contributed by atoms with Gasteiger partial charge in [-0.3, -0.25) is 0 Å².